The number of primary sulfonamides is 1. The number of nitrogens with zero attached hydrogens (tertiary/aromatic N) is 5. The molecule has 20 heteroatoms. The van der Waals surface area contributed by atoms with Crippen LogP contribution in [0.3, 0.4) is 0 Å². The monoisotopic (exact) mass is 731 g/mol. The fourth-order valence-electron chi connectivity index (χ4n) is 4.40. The van der Waals surface area contributed by atoms with Crippen LogP contribution in [-0.2, 0) is 42.3 Å². The van der Waals surface area contributed by atoms with Gasteiger partial charge in [-0.05, 0) is 37.8 Å². The summed E-state index contributed by atoms with van der Waals surface area (Å²) in [6, 6.07) is 7.65. The summed E-state index contributed by atoms with van der Waals surface area (Å²) in [5.74, 6) is -0.569. The Labute approximate surface area is 292 Å². The molecule has 3 aromatic heterocycles. The van der Waals surface area contributed by atoms with E-state index < -0.39 is 31.3 Å². The van der Waals surface area contributed by atoms with Crippen LogP contribution in [0.1, 0.15) is 64.5 Å². The van der Waals surface area contributed by atoms with Crippen molar-refractivity contribution in [2.75, 3.05) is 24.2 Å². The first kappa shape index (κ1) is 38.0. The molecule has 0 unspecified atom stereocenters. The Kier molecular flexibility index (Phi) is 12.4. The number of benzene rings is 1. The predicted molar refractivity (Wildman–Crippen MR) is 184 cm³/mol. The number of imidazole rings is 1. The van der Waals surface area contributed by atoms with Crippen molar-refractivity contribution >= 4 is 61.3 Å². The summed E-state index contributed by atoms with van der Waals surface area (Å²) in [6.07, 6.45) is 2.26. The standard InChI is InChI=1S/C30H41N11O7S2/c1-29(2,25(44)34-15-18-5-7-19(8-6-18)16-47-24-22-23(36-17-35-22)38-26(31)39-24)12-14-48-30(3,4)11-13-33-20(42)9-10-21(43)37-27-40-41-28(49-27)50(32,45)46/h5-8,17H,9-16H2,1-4H3,(H,33,42)(H,34,44)(H2,32,45,46)(H,37,40,43)(H3,31,35,36,38,39). The fraction of sp³-hybridized carbons (Fsp3) is 0.467. The van der Waals surface area contributed by atoms with Gasteiger partial charge in [0, 0.05) is 38.0 Å². The minimum absolute atomic E-state index is 0.0314. The third-order valence-corrected chi connectivity index (χ3v) is 9.63. The Morgan fingerprint density at radius 3 is 2.36 bits per heavy atom. The van der Waals surface area contributed by atoms with Gasteiger partial charge in [-0.3, -0.25) is 14.4 Å². The van der Waals surface area contributed by atoms with Crippen molar-refractivity contribution in [2.45, 2.75) is 76.5 Å². The van der Waals surface area contributed by atoms with Gasteiger partial charge in [0.05, 0.1) is 11.9 Å². The fourth-order valence-corrected chi connectivity index (χ4v) is 5.75. The molecule has 4 aromatic rings. The van der Waals surface area contributed by atoms with Gasteiger partial charge in [-0.2, -0.15) is 9.97 Å². The number of fused-ring (bicyclic) bond motifs is 1. The van der Waals surface area contributed by atoms with Gasteiger partial charge in [-0.15, -0.1) is 10.2 Å². The quantitative estimate of drug-likeness (QED) is 0.0798. The van der Waals surface area contributed by atoms with E-state index in [9.17, 15) is 22.8 Å². The van der Waals surface area contributed by atoms with E-state index in [2.05, 4.69) is 46.1 Å². The van der Waals surface area contributed by atoms with Crippen molar-refractivity contribution in [3.05, 3.63) is 41.7 Å². The summed E-state index contributed by atoms with van der Waals surface area (Å²) in [7, 11) is -4.02. The normalized spacial score (nSPS) is 12.1. The minimum Gasteiger partial charge on any atom is -0.471 e. The van der Waals surface area contributed by atoms with E-state index in [4.69, 9.17) is 20.3 Å². The molecule has 18 nitrogen and oxygen atoms in total. The molecule has 0 fully saturated rings. The largest absolute Gasteiger partial charge is 0.471 e. The average molecular weight is 732 g/mol. The third kappa shape index (κ3) is 11.4. The number of sulfonamides is 1. The maximum absolute atomic E-state index is 13.0. The van der Waals surface area contributed by atoms with Crippen LogP contribution in [0.15, 0.2) is 34.9 Å². The zero-order valence-corrected chi connectivity index (χ0v) is 29.7. The Morgan fingerprint density at radius 1 is 0.960 bits per heavy atom. The van der Waals surface area contributed by atoms with Crippen LogP contribution in [-0.4, -0.2) is 75.0 Å². The molecule has 0 bridgehead atoms. The summed E-state index contributed by atoms with van der Waals surface area (Å²) in [6.45, 7) is 8.77. The van der Waals surface area contributed by atoms with Crippen molar-refractivity contribution in [2.24, 2.45) is 10.6 Å². The first-order chi connectivity index (χ1) is 23.5. The van der Waals surface area contributed by atoms with Crippen LogP contribution in [0.25, 0.3) is 11.2 Å². The van der Waals surface area contributed by atoms with Crippen molar-refractivity contribution in [1.29, 1.82) is 0 Å². The van der Waals surface area contributed by atoms with Gasteiger partial charge in [0.2, 0.25) is 39.0 Å². The number of nitrogens with two attached hydrogens (primary N) is 2. The molecule has 4 rings (SSSR count). The maximum atomic E-state index is 13.0. The molecule has 50 heavy (non-hydrogen) atoms. The van der Waals surface area contributed by atoms with Crippen LogP contribution in [0.2, 0.25) is 0 Å². The van der Waals surface area contributed by atoms with E-state index in [1.807, 2.05) is 52.0 Å². The molecule has 0 aliphatic carbocycles. The number of nitrogen functional groups attached to an aromatic ring is 1. The lowest BCUT2D eigenvalue weighted by molar-refractivity contribution is -0.131. The number of carbonyl (C=O) groups excluding carboxylic acids is 3. The summed E-state index contributed by atoms with van der Waals surface area (Å²) in [4.78, 5) is 52.5. The van der Waals surface area contributed by atoms with Crippen LogP contribution in [0.4, 0.5) is 11.1 Å². The Bertz CT molecular complexity index is 1910. The number of aromatic amines is 1. The van der Waals surface area contributed by atoms with Gasteiger partial charge in [0.15, 0.2) is 5.65 Å². The van der Waals surface area contributed by atoms with Crippen molar-refractivity contribution in [3.63, 3.8) is 0 Å². The molecule has 0 aliphatic rings. The Hall–Kier alpha value is -4.79. The van der Waals surface area contributed by atoms with Crippen molar-refractivity contribution in [3.8, 4) is 5.88 Å². The molecule has 0 saturated carbocycles. The minimum atomic E-state index is -4.02. The van der Waals surface area contributed by atoms with Gasteiger partial charge in [-0.1, -0.05) is 49.4 Å². The van der Waals surface area contributed by atoms with Gasteiger partial charge in [0.1, 0.15) is 12.1 Å². The number of rotatable bonds is 18. The summed E-state index contributed by atoms with van der Waals surface area (Å²) < 4.78 is 34.0. The number of anilines is 2. The number of hydrogen-bond donors (Lipinski definition) is 6. The smallest absolute Gasteiger partial charge is 0.267 e. The molecule has 3 heterocycles. The number of nitrogens with one attached hydrogen (secondary N) is 4. The topological polar surface area (TPSA) is 272 Å². The van der Waals surface area contributed by atoms with Gasteiger partial charge in [-0.25, -0.2) is 18.5 Å². The van der Waals surface area contributed by atoms with Crippen LogP contribution < -0.4 is 31.6 Å². The van der Waals surface area contributed by atoms with E-state index in [1.54, 1.807) is 0 Å². The second-order valence-electron chi connectivity index (χ2n) is 12.6. The molecule has 3 amide bonds. The van der Waals surface area contributed by atoms with Gasteiger partial charge in [0.25, 0.3) is 10.0 Å². The first-order valence-electron chi connectivity index (χ1n) is 15.5. The number of carbonyl (C=O) groups is 3. The molecular weight excluding hydrogens is 691 g/mol. The van der Waals surface area contributed by atoms with Gasteiger partial charge < -0.3 is 36.1 Å². The number of ether oxygens (including phenoxy) is 2. The highest BCUT2D eigenvalue weighted by molar-refractivity contribution is 7.91. The number of hydrogen-bond acceptors (Lipinski definition) is 14. The molecule has 0 aliphatic heterocycles. The zero-order valence-electron chi connectivity index (χ0n) is 28.1. The summed E-state index contributed by atoms with van der Waals surface area (Å²) >= 11 is 0.617. The van der Waals surface area contributed by atoms with Crippen LogP contribution >= 0.6 is 11.3 Å². The second kappa shape index (κ2) is 16.3. The van der Waals surface area contributed by atoms with E-state index in [-0.39, 0.29) is 42.3 Å². The van der Waals surface area contributed by atoms with E-state index in [1.165, 1.54) is 6.33 Å². The number of H-pyrrole nitrogens is 1. The summed E-state index contributed by atoms with van der Waals surface area (Å²) in [5.41, 5.74) is 7.29. The van der Waals surface area contributed by atoms with Gasteiger partial charge >= 0.3 is 0 Å². The van der Waals surface area contributed by atoms with E-state index >= 15 is 0 Å². The number of amides is 3. The summed E-state index contributed by atoms with van der Waals surface area (Å²) in [5, 5.41) is 20.0. The lowest BCUT2D eigenvalue weighted by Gasteiger charge is -2.29. The molecule has 0 radical (unpaired) electrons. The molecule has 0 atom stereocenters. The predicted octanol–water partition coefficient (Wildman–Crippen LogP) is 1.77. The average Bonchev–Trinajstić information content (AvgIpc) is 3.72. The molecular formula is C30H41N11O7S2. The Morgan fingerprint density at radius 2 is 1.66 bits per heavy atom. The van der Waals surface area contributed by atoms with Crippen molar-refractivity contribution < 1.29 is 32.3 Å². The highest BCUT2D eigenvalue weighted by Gasteiger charge is 2.29. The lowest BCUT2D eigenvalue weighted by Crippen LogP contribution is -2.38. The van der Waals surface area contributed by atoms with E-state index in [0.29, 0.717) is 60.9 Å². The second-order valence-corrected chi connectivity index (χ2v) is 15.3. The first-order valence-corrected chi connectivity index (χ1v) is 17.9. The van der Waals surface area contributed by atoms with Crippen LogP contribution in [0, 0.1) is 5.41 Å². The van der Waals surface area contributed by atoms with E-state index in [0.717, 1.165) is 11.1 Å². The molecule has 270 valence electrons. The third-order valence-electron chi connectivity index (χ3n) is 7.48. The number of aromatic nitrogens is 6. The zero-order chi connectivity index (χ0) is 36.5. The SMILES string of the molecule is CC(C)(CCNC(=O)CCC(=O)Nc1nnc(S(N)(=O)=O)s1)OCCC(C)(C)C(=O)NCc1ccc(COc2nc(N)nc3nc[nH]c23)cc1. The highest BCUT2D eigenvalue weighted by atomic mass is 32.2. The Balaban J connectivity index is 1.10. The molecule has 0 saturated heterocycles. The van der Waals surface area contributed by atoms with Crippen molar-refractivity contribution in [1.82, 2.24) is 40.8 Å². The molecule has 0 spiro atoms. The highest BCUT2D eigenvalue weighted by Crippen LogP contribution is 2.24. The van der Waals surface area contributed by atoms with Crippen LogP contribution in [0.5, 0.6) is 5.88 Å². The molecule has 1 aromatic carbocycles. The molecule has 8 N–H and O–H groups in total. The lowest BCUT2D eigenvalue weighted by atomic mass is 9.88. The maximum Gasteiger partial charge on any atom is 0.267 e.